The van der Waals surface area contributed by atoms with Gasteiger partial charge in [0.2, 0.25) is 0 Å². The van der Waals surface area contributed by atoms with Crippen molar-refractivity contribution in [2.24, 2.45) is 0 Å². The van der Waals surface area contributed by atoms with Gasteiger partial charge in [0.25, 0.3) is 0 Å². The van der Waals surface area contributed by atoms with Crippen LogP contribution in [0.4, 0.5) is 0 Å². The van der Waals surface area contributed by atoms with Gasteiger partial charge in [-0.05, 0) is 121 Å². The van der Waals surface area contributed by atoms with E-state index < -0.39 is 5.41 Å². The van der Waals surface area contributed by atoms with Crippen LogP contribution in [0.3, 0.4) is 0 Å². The molecule has 282 valence electrons. The predicted octanol–water partition coefficient (Wildman–Crippen LogP) is 14.4. The molecule has 12 aromatic rings. The van der Waals surface area contributed by atoms with E-state index >= 15 is 0 Å². The minimum atomic E-state index is -0.390. The van der Waals surface area contributed by atoms with Crippen LogP contribution >= 0.6 is 0 Å². The summed E-state index contributed by atoms with van der Waals surface area (Å²) in [5, 5.41) is 7.48. The van der Waals surface area contributed by atoms with Gasteiger partial charge in [-0.2, -0.15) is 0 Å². The van der Waals surface area contributed by atoms with E-state index in [1.54, 1.807) is 0 Å². The summed E-state index contributed by atoms with van der Waals surface area (Å²) in [6, 6.07) is 74.6. The van der Waals surface area contributed by atoms with Crippen molar-refractivity contribution in [1.82, 2.24) is 14.1 Å². The van der Waals surface area contributed by atoms with E-state index in [9.17, 15) is 0 Å². The number of para-hydroxylation sites is 1. The van der Waals surface area contributed by atoms with E-state index in [4.69, 9.17) is 0 Å². The fourth-order valence-corrected chi connectivity index (χ4v) is 11.4. The molecule has 0 aliphatic heterocycles. The molecule has 3 heterocycles. The maximum Gasteiger partial charge on any atom is 0.0725 e. The zero-order valence-corrected chi connectivity index (χ0v) is 33.0. The molecule has 9 aromatic carbocycles. The van der Waals surface area contributed by atoms with Crippen LogP contribution in [0.1, 0.15) is 22.3 Å². The number of hydrogen-bond acceptors (Lipinski definition) is 1. The molecule has 0 amide bonds. The van der Waals surface area contributed by atoms with Gasteiger partial charge in [-0.15, -0.1) is 0 Å². The number of aromatic nitrogens is 3. The molecule has 0 saturated heterocycles. The molecule has 0 N–H and O–H groups in total. The highest BCUT2D eigenvalue weighted by molar-refractivity contribution is 6.25. The standard InChI is InChI=1S/C58H35N3/c1-2-17-41-36(13-1)27-29-54-57(41)48-33-47-46-21-6-10-25-53(46)61(40-16-12-30-59-35-40)55(47)34-56(48)60(54)39-15-11-14-37(31-39)38-26-28-45-44-20-5-9-24-51(44)58(52(45)32-38)49-22-7-3-18-42(49)43-19-4-8-23-50(43)58/h1-35H. The van der Waals surface area contributed by atoms with Gasteiger partial charge < -0.3 is 9.13 Å². The molecular formula is C58H35N3. The maximum atomic E-state index is 4.54. The minimum Gasteiger partial charge on any atom is -0.309 e. The first kappa shape index (κ1) is 32.9. The van der Waals surface area contributed by atoms with Crippen LogP contribution in [-0.4, -0.2) is 14.1 Å². The Labute approximate surface area is 352 Å². The average molecular weight is 774 g/mol. The molecule has 14 rings (SSSR count). The van der Waals surface area contributed by atoms with E-state index in [0.717, 1.165) is 16.9 Å². The van der Waals surface area contributed by atoms with Crippen LogP contribution < -0.4 is 0 Å². The summed E-state index contributed by atoms with van der Waals surface area (Å²) in [5.41, 5.74) is 19.6. The van der Waals surface area contributed by atoms with Crippen LogP contribution in [0.15, 0.2) is 213 Å². The zero-order valence-electron chi connectivity index (χ0n) is 33.0. The summed E-state index contributed by atoms with van der Waals surface area (Å²) in [5.74, 6) is 0. The van der Waals surface area contributed by atoms with Gasteiger partial charge in [0.1, 0.15) is 0 Å². The van der Waals surface area contributed by atoms with Crippen molar-refractivity contribution in [3.63, 3.8) is 0 Å². The lowest BCUT2D eigenvalue weighted by Gasteiger charge is -2.30. The first-order valence-corrected chi connectivity index (χ1v) is 21.1. The third kappa shape index (κ3) is 4.24. The summed E-state index contributed by atoms with van der Waals surface area (Å²) in [6.07, 6.45) is 3.81. The summed E-state index contributed by atoms with van der Waals surface area (Å²) in [6.45, 7) is 0. The molecule has 0 radical (unpaired) electrons. The Morgan fingerprint density at radius 3 is 1.72 bits per heavy atom. The van der Waals surface area contributed by atoms with E-state index in [0.29, 0.717) is 0 Å². The van der Waals surface area contributed by atoms with Gasteiger partial charge in [-0.3, -0.25) is 4.98 Å². The van der Waals surface area contributed by atoms with Crippen LogP contribution in [0.25, 0.3) is 99.1 Å². The SMILES string of the molecule is c1cncc(-n2c3ccccc3c3cc4c5c6ccccc6ccc5n(-c5cccc(-c6ccc7c(c6)C6(c8ccccc8-c8ccccc86)c6ccccc6-7)c5)c4cc32)c1. The highest BCUT2D eigenvalue weighted by Gasteiger charge is 2.51. The fraction of sp³-hybridized carbons (Fsp3) is 0.0172. The first-order chi connectivity index (χ1) is 30.3. The summed E-state index contributed by atoms with van der Waals surface area (Å²) in [4.78, 5) is 4.54. The Balaban J connectivity index is 1.03. The Morgan fingerprint density at radius 2 is 0.967 bits per heavy atom. The first-order valence-electron chi connectivity index (χ1n) is 21.1. The van der Waals surface area contributed by atoms with Crippen LogP contribution in [0, 0.1) is 0 Å². The van der Waals surface area contributed by atoms with E-state index in [-0.39, 0.29) is 0 Å². The highest BCUT2D eigenvalue weighted by Crippen LogP contribution is 2.63. The number of nitrogens with zero attached hydrogens (tertiary/aromatic N) is 3. The maximum absolute atomic E-state index is 4.54. The molecule has 3 heteroatoms. The second kappa shape index (κ2) is 12.0. The molecule has 0 saturated carbocycles. The van der Waals surface area contributed by atoms with Crippen molar-refractivity contribution in [3.8, 4) is 44.8 Å². The molecule has 0 unspecified atom stereocenters. The van der Waals surface area contributed by atoms with Crippen molar-refractivity contribution in [1.29, 1.82) is 0 Å². The normalized spacial score (nSPS) is 13.4. The molecule has 0 fully saturated rings. The van der Waals surface area contributed by atoms with E-state index in [1.807, 2.05) is 18.5 Å². The molecule has 2 aliphatic rings. The fourth-order valence-electron chi connectivity index (χ4n) is 11.4. The van der Waals surface area contributed by atoms with Crippen molar-refractivity contribution in [2.75, 3.05) is 0 Å². The third-order valence-corrected chi connectivity index (χ3v) is 13.8. The van der Waals surface area contributed by atoms with Gasteiger partial charge in [-0.1, -0.05) is 146 Å². The van der Waals surface area contributed by atoms with Gasteiger partial charge in [0.05, 0.1) is 39.4 Å². The Morgan fingerprint density at radius 1 is 0.344 bits per heavy atom. The quantitative estimate of drug-likeness (QED) is 0.175. The van der Waals surface area contributed by atoms with E-state index in [1.165, 1.54) is 105 Å². The smallest absolute Gasteiger partial charge is 0.0725 e. The molecule has 2 aliphatic carbocycles. The van der Waals surface area contributed by atoms with Crippen molar-refractivity contribution >= 4 is 54.4 Å². The third-order valence-electron chi connectivity index (χ3n) is 13.8. The summed E-state index contributed by atoms with van der Waals surface area (Å²) < 4.78 is 4.85. The second-order valence-corrected chi connectivity index (χ2v) is 16.7. The highest BCUT2D eigenvalue weighted by atomic mass is 15.0. The number of hydrogen-bond donors (Lipinski definition) is 0. The van der Waals surface area contributed by atoms with E-state index in [2.05, 4.69) is 208 Å². The predicted molar refractivity (Wildman–Crippen MR) is 252 cm³/mol. The van der Waals surface area contributed by atoms with Gasteiger partial charge >= 0.3 is 0 Å². The molecule has 1 spiro atoms. The van der Waals surface area contributed by atoms with Gasteiger partial charge in [-0.25, -0.2) is 0 Å². The average Bonchev–Trinajstić information content (AvgIpc) is 4.03. The lowest BCUT2D eigenvalue weighted by molar-refractivity contribution is 0.794. The zero-order chi connectivity index (χ0) is 39.8. The molecular weight excluding hydrogens is 739 g/mol. The molecule has 3 nitrogen and oxygen atoms in total. The number of fused-ring (bicyclic) bond motifs is 18. The van der Waals surface area contributed by atoms with Crippen LogP contribution in [-0.2, 0) is 5.41 Å². The monoisotopic (exact) mass is 773 g/mol. The lowest BCUT2D eigenvalue weighted by atomic mass is 9.70. The Kier molecular flexibility index (Phi) is 6.49. The number of pyridine rings is 1. The number of rotatable bonds is 3. The topological polar surface area (TPSA) is 22.8 Å². The molecule has 0 bridgehead atoms. The molecule has 0 atom stereocenters. The van der Waals surface area contributed by atoms with Crippen molar-refractivity contribution < 1.29 is 0 Å². The summed E-state index contributed by atoms with van der Waals surface area (Å²) >= 11 is 0. The number of benzene rings is 9. The largest absolute Gasteiger partial charge is 0.309 e. The van der Waals surface area contributed by atoms with Crippen LogP contribution in [0.2, 0.25) is 0 Å². The van der Waals surface area contributed by atoms with Gasteiger partial charge in [0.15, 0.2) is 0 Å². The molecule has 61 heavy (non-hydrogen) atoms. The van der Waals surface area contributed by atoms with Crippen molar-refractivity contribution in [2.45, 2.75) is 5.41 Å². The van der Waals surface area contributed by atoms with Crippen molar-refractivity contribution in [3.05, 3.63) is 235 Å². The lowest BCUT2D eigenvalue weighted by Crippen LogP contribution is -2.25. The Hall–Kier alpha value is -8.01. The molecule has 3 aromatic heterocycles. The second-order valence-electron chi connectivity index (χ2n) is 16.7. The Bertz CT molecular complexity index is 3760. The van der Waals surface area contributed by atoms with Gasteiger partial charge in [0, 0.05) is 33.4 Å². The summed E-state index contributed by atoms with van der Waals surface area (Å²) in [7, 11) is 0. The van der Waals surface area contributed by atoms with Crippen LogP contribution in [0.5, 0.6) is 0 Å². The minimum absolute atomic E-state index is 0.390.